The lowest BCUT2D eigenvalue weighted by molar-refractivity contribution is -0.113. The fraction of sp³-hybridized carbons (Fsp3) is 0.417. The molecule has 104 valence electrons. The maximum Gasteiger partial charge on any atom is 0.239 e. The number of nitrogens with one attached hydrogen (secondary N) is 2. The topological polar surface area (TPSA) is 75.3 Å². The number of hydrogen-bond acceptors (Lipinski definition) is 4. The Hall–Kier alpha value is -1.47. The van der Waals surface area contributed by atoms with Gasteiger partial charge in [-0.2, -0.15) is 0 Å². The van der Waals surface area contributed by atoms with Gasteiger partial charge in [-0.25, -0.2) is 12.8 Å². The quantitative estimate of drug-likeness (QED) is 0.821. The zero-order chi connectivity index (χ0) is 13.9. The van der Waals surface area contributed by atoms with Gasteiger partial charge in [0.05, 0.1) is 11.4 Å². The number of sulfone groups is 1. The number of halogens is 1. The fourth-order valence-electron chi connectivity index (χ4n) is 1.83. The van der Waals surface area contributed by atoms with E-state index in [1.807, 2.05) is 0 Å². The summed E-state index contributed by atoms with van der Waals surface area (Å²) >= 11 is 0. The monoisotopic (exact) mass is 286 g/mol. The summed E-state index contributed by atoms with van der Waals surface area (Å²) in [6.45, 7) is 1.32. The summed E-state index contributed by atoms with van der Waals surface area (Å²) in [6, 6.07) is 5.64. The van der Waals surface area contributed by atoms with Gasteiger partial charge in [0.15, 0.2) is 9.84 Å². The molecule has 0 radical (unpaired) electrons. The Morgan fingerprint density at radius 2 is 2.05 bits per heavy atom. The number of para-hydroxylation sites is 1. The maximum absolute atomic E-state index is 13.3. The van der Waals surface area contributed by atoms with Crippen LogP contribution in [0.3, 0.4) is 0 Å². The van der Waals surface area contributed by atoms with Crippen LogP contribution < -0.4 is 10.6 Å². The van der Waals surface area contributed by atoms with Gasteiger partial charge in [-0.1, -0.05) is 12.1 Å². The van der Waals surface area contributed by atoms with E-state index in [0.717, 1.165) is 0 Å². The predicted octanol–water partition coefficient (Wildman–Crippen LogP) is 0.398. The second-order valence-corrected chi connectivity index (χ2v) is 6.72. The average Bonchev–Trinajstić information content (AvgIpc) is 2.26. The number of benzene rings is 1. The average molecular weight is 286 g/mol. The normalized spacial score (nSPS) is 15.8. The van der Waals surface area contributed by atoms with Crippen molar-refractivity contribution >= 4 is 21.4 Å². The van der Waals surface area contributed by atoms with Crippen LogP contribution in [0.15, 0.2) is 24.3 Å². The molecule has 2 N–H and O–H groups in total. The summed E-state index contributed by atoms with van der Waals surface area (Å²) in [5, 5.41) is 5.24. The lowest BCUT2D eigenvalue weighted by Gasteiger charge is -2.26. The van der Waals surface area contributed by atoms with Crippen LogP contribution in [0.2, 0.25) is 0 Å². The zero-order valence-corrected chi connectivity index (χ0v) is 11.0. The van der Waals surface area contributed by atoms with E-state index >= 15 is 0 Å². The number of carbonyl (C=O) groups excluding carboxylic acids is 1. The first-order valence-electron chi connectivity index (χ1n) is 5.92. The number of hydrogen-bond donors (Lipinski definition) is 2. The van der Waals surface area contributed by atoms with E-state index in [0.29, 0.717) is 13.1 Å². The smallest absolute Gasteiger partial charge is 0.239 e. The van der Waals surface area contributed by atoms with Crippen molar-refractivity contribution in [3.05, 3.63) is 30.1 Å². The summed E-state index contributed by atoms with van der Waals surface area (Å²) in [7, 11) is -3.45. The molecule has 1 fully saturated rings. The lowest BCUT2D eigenvalue weighted by Crippen LogP contribution is -2.46. The van der Waals surface area contributed by atoms with Gasteiger partial charge in [0, 0.05) is 13.1 Å². The van der Waals surface area contributed by atoms with Crippen molar-refractivity contribution in [3.63, 3.8) is 0 Å². The van der Waals surface area contributed by atoms with Crippen LogP contribution in [0.4, 0.5) is 10.1 Å². The second-order valence-electron chi connectivity index (χ2n) is 4.61. The standard InChI is InChI=1S/C12H15FN2O3S/c13-10-3-1-2-4-11(10)15-12(16)8-19(17,18)7-9-5-14-6-9/h1-4,9,14H,5-8H2,(H,15,16). The molecular formula is C12H15FN2O3S. The van der Waals surface area contributed by atoms with Crippen LogP contribution in [0.1, 0.15) is 0 Å². The van der Waals surface area contributed by atoms with Gasteiger partial charge in [-0.3, -0.25) is 4.79 Å². The van der Waals surface area contributed by atoms with Gasteiger partial charge in [-0.05, 0) is 18.1 Å². The minimum atomic E-state index is -3.45. The summed E-state index contributed by atoms with van der Waals surface area (Å²) in [6.07, 6.45) is 0. The van der Waals surface area contributed by atoms with Crippen LogP contribution in [-0.4, -0.2) is 38.9 Å². The summed E-state index contributed by atoms with van der Waals surface area (Å²) < 4.78 is 36.8. The highest BCUT2D eigenvalue weighted by atomic mass is 32.2. The van der Waals surface area contributed by atoms with Crippen LogP contribution in [0, 0.1) is 11.7 Å². The zero-order valence-electron chi connectivity index (χ0n) is 10.2. The van der Waals surface area contributed by atoms with Crippen molar-refractivity contribution in [3.8, 4) is 0 Å². The minimum Gasteiger partial charge on any atom is -0.323 e. The molecular weight excluding hydrogens is 271 g/mol. The number of rotatable bonds is 5. The Balaban J connectivity index is 1.92. The van der Waals surface area contributed by atoms with Gasteiger partial charge in [0.2, 0.25) is 5.91 Å². The van der Waals surface area contributed by atoms with E-state index in [1.165, 1.54) is 18.2 Å². The van der Waals surface area contributed by atoms with Gasteiger partial charge in [-0.15, -0.1) is 0 Å². The first-order chi connectivity index (χ1) is 8.96. The highest BCUT2D eigenvalue weighted by Gasteiger charge is 2.26. The van der Waals surface area contributed by atoms with Crippen LogP contribution in [-0.2, 0) is 14.6 Å². The first-order valence-corrected chi connectivity index (χ1v) is 7.74. The third-order valence-electron chi connectivity index (χ3n) is 2.85. The molecule has 2 rings (SSSR count). The lowest BCUT2D eigenvalue weighted by atomic mass is 10.1. The van der Waals surface area contributed by atoms with Crippen LogP contribution in [0.5, 0.6) is 0 Å². The van der Waals surface area contributed by atoms with Crippen molar-refractivity contribution < 1.29 is 17.6 Å². The van der Waals surface area contributed by atoms with Crippen molar-refractivity contribution in [1.82, 2.24) is 5.32 Å². The van der Waals surface area contributed by atoms with Crippen molar-refractivity contribution in [1.29, 1.82) is 0 Å². The third kappa shape index (κ3) is 4.00. The molecule has 1 amide bonds. The van der Waals surface area contributed by atoms with Gasteiger partial charge >= 0.3 is 0 Å². The van der Waals surface area contributed by atoms with Crippen molar-refractivity contribution in [2.75, 3.05) is 29.9 Å². The largest absolute Gasteiger partial charge is 0.323 e. The van der Waals surface area contributed by atoms with Gasteiger partial charge < -0.3 is 10.6 Å². The molecule has 1 aliphatic heterocycles. The highest BCUT2D eigenvalue weighted by molar-refractivity contribution is 7.92. The molecule has 1 aromatic rings. The Kier molecular flexibility index (Phi) is 4.16. The molecule has 0 aliphatic carbocycles. The summed E-state index contributed by atoms with van der Waals surface area (Å²) in [5.41, 5.74) is -0.00647. The molecule has 1 saturated heterocycles. The predicted molar refractivity (Wildman–Crippen MR) is 70.0 cm³/mol. The Morgan fingerprint density at radius 3 is 2.63 bits per heavy atom. The van der Waals surface area contributed by atoms with Gasteiger partial charge in [0.1, 0.15) is 11.6 Å². The highest BCUT2D eigenvalue weighted by Crippen LogP contribution is 2.13. The van der Waals surface area contributed by atoms with E-state index in [9.17, 15) is 17.6 Å². The van der Waals surface area contributed by atoms with Crippen molar-refractivity contribution in [2.45, 2.75) is 0 Å². The molecule has 0 spiro atoms. The third-order valence-corrected chi connectivity index (χ3v) is 4.54. The number of carbonyl (C=O) groups is 1. The molecule has 1 heterocycles. The molecule has 1 aliphatic rings. The van der Waals surface area contributed by atoms with E-state index in [-0.39, 0.29) is 17.4 Å². The molecule has 5 nitrogen and oxygen atoms in total. The van der Waals surface area contributed by atoms with E-state index in [1.54, 1.807) is 6.07 Å². The van der Waals surface area contributed by atoms with E-state index in [4.69, 9.17) is 0 Å². The molecule has 19 heavy (non-hydrogen) atoms. The summed E-state index contributed by atoms with van der Waals surface area (Å²) in [4.78, 5) is 11.6. The molecule has 0 atom stereocenters. The fourth-order valence-corrected chi connectivity index (χ4v) is 3.38. The first kappa shape index (κ1) is 14.0. The maximum atomic E-state index is 13.3. The number of amides is 1. The van der Waals surface area contributed by atoms with Crippen molar-refractivity contribution in [2.24, 2.45) is 5.92 Å². The second kappa shape index (κ2) is 5.66. The van der Waals surface area contributed by atoms with E-state index < -0.39 is 27.3 Å². The van der Waals surface area contributed by atoms with E-state index in [2.05, 4.69) is 10.6 Å². The Morgan fingerprint density at radius 1 is 1.37 bits per heavy atom. The molecule has 0 saturated carbocycles. The molecule has 0 unspecified atom stereocenters. The SMILES string of the molecule is O=C(CS(=O)(=O)CC1CNC1)Nc1ccccc1F. The van der Waals surface area contributed by atoms with Crippen LogP contribution in [0.25, 0.3) is 0 Å². The molecule has 0 bridgehead atoms. The molecule has 7 heteroatoms. The number of anilines is 1. The molecule has 0 aromatic heterocycles. The Labute approximate surface area is 111 Å². The molecule has 1 aromatic carbocycles. The minimum absolute atomic E-state index is 0.00647. The summed E-state index contributed by atoms with van der Waals surface area (Å²) in [5.74, 6) is -1.84. The van der Waals surface area contributed by atoms with Gasteiger partial charge in [0.25, 0.3) is 0 Å². The van der Waals surface area contributed by atoms with Crippen LogP contribution >= 0.6 is 0 Å². The Bertz CT molecular complexity index is 570.